The van der Waals surface area contributed by atoms with E-state index in [0.29, 0.717) is 0 Å². The van der Waals surface area contributed by atoms with Crippen molar-refractivity contribution >= 4 is 0 Å². The van der Waals surface area contributed by atoms with Crippen LogP contribution >= 0.6 is 0 Å². The molecule has 10 heavy (non-hydrogen) atoms. The zero-order valence-electron chi connectivity index (χ0n) is 7.14. The summed E-state index contributed by atoms with van der Waals surface area (Å²) in [4.78, 5) is 0. The highest BCUT2D eigenvalue weighted by molar-refractivity contribution is 4.84. The van der Waals surface area contributed by atoms with E-state index in [2.05, 4.69) is 26.0 Å². The van der Waals surface area contributed by atoms with Gasteiger partial charge in [0.2, 0.25) is 0 Å². The second-order valence-electron chi connectivity index (χ2n) is 3.47. The van der Waals surface area contributed by atoms with Crippen molar-refractivity contribution in [2.24, 2.45) is 11.8 Å². The van der Waals surface area contributed by atoms with E-state index in [9.17, 15) is 0 Å². The van der Waals surface area contributed by atoms with Gasteiger partial charge in [-0.05, 0) is 31.6 Å². The third-order valence-electron chi connectivity index (χ3n) is 2.71. The van der Waals surface area contributed by atoms with Gasteiger partial charge >= 0.3 is 0 Å². The first-order valence-electron chi connectivity index (χ1n) is 4.45. The van der Waals surface area contributed by atoms with Crippen LogP contribution < -0.4 is 0 Å². The van der Waals surface area contributed by atoms with Gasteiger partial charge in [-0.3, -0.25) is 0 Å². The molecule has 0 aromatic carbocycles. The zero-order chi connectivity index (χ0) is 7.40. The molecule has 1 fully saturated rings. The van der Waals surface area contributed by atoms with Gasteiger partial charge in [-0.15, -0.1) is 0 Å². The second kappa shape index (κ2) is 3.80. The molecule has 0 amide bonds. The lowest BCUT2D eigenvalue weighted by Crippen LogP contribution is -2.01. The van der Waals surface area contributed by atoms with Crippen LogP contribution in [0, 0.1) is 11.8 Å². The second-order valence-corrected chi connectivity index (χ2v) is 3.47. The first-order chi connectivity index (χ1) is 4.84. The lowest BCUT2D eigenvalue weighted by atomic mass is 9.95. The first kappa shape index (κ1) is 7.84. The standard InChI is InChI=1S/C10H18/c1-3-4-7-10-8-5-6-9(10)2/h3-4,9-10H,5-8H2,1-2H3/b4-3+. The third-order valence-corrected chi connectivity index (χ3v) is 2.71. The van der Waals surface area contributed by atoms with Crippen LogP contribution in [0.15, 0.2) is 12.2 Å². The zero-order valence-corrected chi connectivity index (χ0v) is 7.14. The molecular weight excluding hydrogens is 120 g/mol. The molecule has 58 valence electrons. The Hall–Kier alpha value is -0.260. The van der Waals surface area contributed by atoms with Crippen LogP contribution in [0.5, 0.6) is 0 Å². The van der Waals surface area contributed by atoms with Crippen LogP contribution in [0.2, 0.25) is 0 Å². The summed E-state index contributed by atoms with van der Waals surface area (Å²) in [5.74, 6) is 1.98. The van der Waals surface area contributed by atoms with Crippen LogP contribution in [-0.2, 0) is 0 Å². The van der Waals surface area contributed by atoms with Crippen molar-refractivity contribution in [3.8, 4) is 0 Å². The van der Waals surface area contributed by atoms with Gasteiger partial charge in [0.25, 0.3) is 0 Å². The molecule has 0 heterocycles. The molecule has 0 heteroatoms. The van der Waals surface area contributed by atoms with Gasteiger partial charge < -0.3 is 0 Å². The van der Waals surface area contributed by atoms with Gasteiger partial charge in [0.05, 0.1) is 0 Å². The molecule has 1 rings (SSSR count). The molecule has 0 nitrogen and oxygen atoms in total. The predicted octanol–water partition coefficient (Wildman–Crippen LogP) is 3.39. The van der Waals surface area contributed by atoms with Crippen molar-refractivity contribution < 1.29 is 0 Å². The summed E-state index contributed by atoms with van der Waals surface area (Å²) < 4.78 is 0. The van der Waals surface area contributed by atoms with Gasteiger partial charge in [-0.1, -0.05) is 31.9 Å². The van der Waals surface area contributed by atoms with E-state index in [4.69, 9.17) is 0 Å². The van der Waals surface area contributed by atoms with Crippen molar-refractivity contribution in [2.45, 2.75) is 39.5 Å². The predicted molar refractivity (Wildman–Crippen MR) is 45.9 cm³/mol. The summed E-state index contributed by atoms with van der Waals surface area (Å²) in [7, 11) is 0. The largest absolute Gasteiger partial charge is 0.0917 e. The fourth-order valence-electron chi connectivity index (χ4n) is 1.88. The van der Waals surface area contributed by atoms with E-state index in [1.807, 2.05) is 0 Å². The summed E-state index contributed by atoms with van der Waals surface area (Å²) in [6.45, 7) is 4.50. The van der Waals surface area contributed by atoms with Crippen molar-refractivity contribution in [2.75, 3.05) is 0 Å². The molecule has 1 saturated carbocycles. The Balaban J connectivity index is 2.26. The maximum atomic E-state index is 2.39. The summed E-state index contributed by atoms with van der Waals surface area (Å²) in [6, 6.07) is 0. The maximum Gasteiger partial charge on any atom is -0.0320 e. The number of hydrogen-bond acceptors (Lipinski definition) is 0. The monoisotopic (exact) mass is 138 g/mol. The molecule has 0 N–H and O–H groups in total. The quantitative estimate of drug-likeness (QED) is 0.513. The minimum atomic E-state index is 0.983. The lowest BCUT2D eigenvalue weighted by Gasteiger charge is -2.11. The Kier molecular flexibility index (Phi) is 2.98. The summed E-state index contributed by atoms with van der Waals surface area (Å²) in [5.41, 5.74) is 0. The molecule has 2 atom stereocenters. The molecule has 2 unspecified atom stereocenters. The van der Waals surface area contributed by atoms with Crippen LogP contribution in [0.25, 0.3) is 0 Å². The maximum absolute atomic E-state index is 2.39. The van der Waals surface area contributed by atoms with Gasteiger partial charge in [-0.25, -0.2) is 0 Å². The van der Waals surface area contributed by atoms with Gasteiger partial charge in [0.15, 0.2) is 0 Å². The van der Waals surface area contributed by atoms with E-state index in [-0.39, 0.29) is 0 Å². The van der Waals surface area contributed by atoms with Crippen LogP contribution in [0.1, 0.15) is 39.5 Å². The highest BCUT2D eigenvalue weighted by Gasteiger charge is 2.21. The average molecular weight is 138 g/mol. The molecule has 0 aliphatic heterocycles. The lowest BCUT2D eigenvalue weighted by molar-refractivity contribution is 0.424. The summed E-state index contributed by atoms with van der Waals surface area (Å²) in [5, 5.41) is 0. The highest BCUT2D eigenvalue weighted by Crippen LogP contribution is 2.33. The number of hydrogen-bond donors (Lipinski definition) is 0. The van der Waals surface area contributed by atoms with Crippen LogP contribution in [0.4, 0.5) is 0 Å². The molecule has 0 saturated heterocycles. The Labute approximate surface area is 64.3 Å². The Morgan fingerprint density at radius 2 is 2.20 bits per heavy atom. The van der Waals surface area contributed by atoms with Gasteiger partial charge in [0, 0.05) is 0 Å². The molecule has 1 aliphatic carbocycles. The van der Waals surface area contributed by atoms with Crippen molar-refractivity contribution in [3.05, 3.63) is 12.2 Å². The molecule has 0 radical (unpaired) electrons. The SMILES string of the molecule is C/C=C/CC1CCCC1C. The van der Waals surface area contributed by atoms with Crippen molar-refractivity contribution in [1.82, 2.24) is 0 Å². The molecule has 0 bridgehead atoms. The first-order valence-corrected chi connectivity index (χ1v) is 4.45. The van der Waals surface area contributed by atoms with E-state index in [0.717, 1.165) is 11.8 Å². The molecule has 1 aliphatic rings. The third kappa shape index (κ3) is 1.86. The van der Waals surface area contributed by atoms with E-state index >= 15 is 0 Å². The van der Waals surface area contributed by atoms with Gasteiger partial charge in [-0.2, -0.15) is 0 Å². The van der Waals surface area contributed by atoms with Gasteiger partial charge in [0.1, 0.15) is 0 Å². The number of rotatable bonds is 2. The summed E-state index contributed by atoms with van der Waals surface area (Å²) in [6.07, 6.45) is 10.2. The minimum Gasteiger partial charge on any atom is -0.0917 e. The van der Waals surface area contributed by atoms with Crippen molar-refractivity contribution in [3.63, 3.8) is 0 Å². The normalized spacial score (nSPS) is 33.8. The fourth-order valence-corrected chi connectivity index (χ4v) is 1.88. The highest BCUT2D eigenvalue weighted by atomic mass is 14.3. The summed E-state index contributed by atoms with van der Waals surface area (Å²) >= 11 is 0. The Morgan fingerprint density at radius 1 is 1.40 bits per heavy atom. The minimum absolute atomic E-state index is 0.983. The number of allylic oxidation sites excluding steroid dienone is 2. The van der Waals surface area contributed by atoms with Crippen LogP contribution in [-0.4, -0.2) is 0 Å². The molecule has 0 spiro atoms. The molecular formula is C10H18. The molecule has 0 aromatic rings. The van der Waals surface area contributed by atoms with Crippen LogP contribution in [0.3, 0.4) is 0 Å². The average Bonchev–Trinajstić information content (AvgIpc) is 2.31. The van der Waals surface area contributed by atoms with E-state index < -0.39 is 0 Å². The van der Waals surface area contributed by atoms with E-state index in [1.165, 1.54) is 25.7 Å². The topological polar surface area (TPSA) is 0 Å². The van der Waals surface area contributed by atoms with E-state index in [1.54, 1.807) is 0 Å². The molecule has 0 aromatic heterocycles. The van der Waals surface area contributed by atoms with Crippen molar-refractivity contribution in [1.29, 1.82) is 0 Å². The Morgan fingerprint density at radius 3 is 2.70 bits per heavy atom. The smallest absolute Gasteiger partial charge is 0.0320 e. The fraction of sp³-hybridized carbons (Fsp3) is 0.800. The Bertz CT molecular complexity index is 113.